The van der Waals surface area contributed by atoms with Gasteiger partial charge in [0.2, 0.25) is 10.0 Å². The number of nitrogens with zero attached hydrogens (tertiary/aromatic N) is 2. The molecule has 0 unspecified atom stereocenters. The Labute approximate surface area is 185 Å². The third-order valence-corrected chi connectivity index (χ3v) is 7.36. The van der Waals surface area contributed by atoms with Crippen molar-refractivity contribution in [3.05, 3.63) is 64.7 Å². The average molecular weight is 458 g/mol. The van der Waals surface area contributed by atoms with E-state index in [2.05, 4.69) is 0 Å². The van der Waals surface area contributed by atoms with Crippen LogP contribution < -0.4 is 0 Å². The molecule has 0 radical (unpaired) electrons. The van der Waals surface area contributed by atoms with Crippen LogP contribution in [-0.4, -0.2) is 74.9 Å². The number of carbonyl (C=O) groups excluding carboxylic acids is 3. The summed E-state index contributed by atoms with van der Waals surface area (Å²) in [6.07, 6.45) is 0. The van der Waals surface area contributed by atoms with Crippen LogP contribution in [0.2, 0.25) is 0 Å². The van der Waals surface area contributed by atoms with E-state index >= 15 is 0 Å². The number of fused-ring (bicyclic) bond motifs is 1. The number of hydrogen-bond donors (Lipinski definition) is 0. The van der Waals surface area contributed by atoms with E-state index in [4.69, 9.17) is 9.47 Å². The van der Waals surface area contributed by atoms with Gasteiger partial charge in [-0.05, 0) is 36.8 Å². The standard InChI is InChI=1S/C22H22N2O7S/c1-15-6-7-16(32(28,29)23-8-11-30-12-9-23)14-19(15)22(27)31-13-10-24-20(25)17-4-2-3-5-18(17)21(24)26/h2-7,14H,8-13H2,1H3. The molecular formula is C22H22N2O7S. The Kier molecular flexibility index (Phi) is 6.09. The normalized spacial score (nSPS) is 16.8. The molecule has 2 heterocycles. The van der Waals surface area contributed by atoms with E-state index < -0.39 is 27.8 Å². The van der Waals surface area contributed by atoms with E-state index in [-0.39, 0.29) is 36.7 Å². The number of carbonyl (C=O) groups is 3. The van der Waals surface area contributed by atoms with Crippen molar-refractivity contribution in [2.45, 2.75) is 11.8 Å². The Morgan fingerprint density at radius 2 is 1.66 bits per heavy atom. The van der Waals surface area contributed by atoms with Gasteiger partial charge in [-0.2, -0.15) is 4.31 Å². The molecule has 2 aromatic rings. The lowest BCUT2D eigenvalue weighted by molar-refractivity contribution is 0.0419. The lowest BCUT2D eigenvalue weighted by atomic mass is 10.1. The Bertz CT molecular complexity index is 1150. The van der Waals surface area contributed by atoms with Gasteiger partial charge < -0.3 is 9.47 Å². The molecule has 1 fully saturated rings. The maximum Gasteiger partial charge on any atom is 0.338 e. The second-order valence-corrected chi connectivity index (χ2v) is 9.37. The second-order valence-electron chi connectivity index (χ2n) is 7.44. The summed E-state index contributed by atoms with van der Waals surface area (Å²) < 4.78 is 37.5. The third kappa shape index (κ3) is 4.04. The summed E-state index contributed by atoms with van der Waals surface area (Å²) in [6, 6.07) is 10.8. The zero-order valence-corrected chi connectivity index (χ0v) is 18.3. The first kappa shape index (κ1) is 22.1. The Morgan fingerprint density at radius 3 is 2.28 bits per heavy atom. The molecule has 0 spiro atoms. The first-order valence-corrected chi connectivity index (χ1v) is 11.6. The first-order chi connectivity index (χ1) is 15.3. The maximum atomic E-state index is 12.9. The number of aryl methyl sites for hydroxylation is 1. The van der Waals surface area contributed by atoms with E-state index in [1.54, 1.807) is 37.3 Å². The quantitative estimate of drug-likeness (QED) is 0.476. The first-order valence-electron chi connectivity index (χ1n) is 10.1. The molecule has 2 aliphatic heterocycles. The van der Waals surface area contributed by atoms with Crippen molar-refractivity contribution in [3.63, 3.8) is 0 Å². The Hall–Kier alpha value is -3.08. The lowest BCUT2D eigenvalue weighted by Gasteiger charge is -2.26. The van der Waals surface area contributed by atoms with E-state index in [1.165, 1.54) is 16.4 Å². The molecule has 168 valence electrons. The fraction of sp³-hybridized carbons (Fsp3) is 0.318. The highest BCUT2D eigenvalue weighted by molar-refractivity contribution is 7.89. The van der Waals surface area contributed by atoms with Gasteiger partial charge in [0, 0.05) is 13.1 Å². The highest BCUT2D eigenvalue weighted by Gasteiger charge is 2.35. The minimum Gasteiger partial charge on any atom is -0.460 e. The lowest BCUT2D eigenvalue weighted by Crippen LogP contribution is -2.40. The van der Waals surface area contributed by atoms with Crippen LogP contribution in [0.25, 0.3) is 0 Å². The minimum absolute atomic E-state index is 0.00250. The zero-order chi connectivity index (χ0) is 22.9. The number of hydrogen-bond acceptors (Lipinski definition) is 7. The molecule has 32 heavy (non-hydrogen) atoms. The van der Waals surface area contributed by atoms with Gasteiger partial charge >= 0.3 is 5.97 Å². The molecule has 0 aromatic heterocycles. The number of sulfonamides is 1. The summed E-state index contributed by atoms with van der Waals surface area (Å²) in [5, 5.41) is 0. The predicted octanol–water partition coefficient (Wildman–Crippen LogP) is 1.47. The average Bonchev–Trinajstić information content (AvgIpc) is 3.04. The van der Waals surface area contributed by atoms with Crippen LogP contribution in [0.5, 0.6) is 0 Å². The SMILES string of the molecule is Cc1ccc(S(=O)(=O)N2CCOCC2)cc1C(=O)OCCN1C(=O)c2ccccc2C1=O. The van der Waals surface area contributed by atoms with Crippen molar-refractivity contribution < 1.29 is 32.3 Å². The highest BCUT2D eigenvalue weighted by atomic mass is 32.2. The third-order valence-electron chi connectivity index (χ3n) is 5.46. The van der Waals surface area contributed by atoms with Crippen LogP contribution in [0, 0.1) is 6.92 Å². The molecule has 2 amide bonds. The predicted molar refractivity (Wildman–Crippen MR) is 113 cm³/mol. The monoisotopic (exact) mass is 458 g/mol. The van der Waals surface area contributed by atoms with Gasteiger partial charge in [0.15, 0.2) is 0 Å². The molecule has 0 N–H and O–H groups in total. The zero-order valence-electron chi connectivity index (χ0n) is 17.4. The van der Waals surface area contributed by atoms with Crippen LogP contribution in [-0.2, 0) is 19.5 Å². The topological polar surface area (TPSA) is 110 Å². The van der Waals surface area contributed by atoms with Crippen molar-refractivity contribution in [1.82, 2.24) is 9.21 Å². The molecule has 9 nitrogen and oxygen atoms in total. The van der Waals surface area contributed by atoms with Gasteiger partial charge in [0.05, 0.1) is 41.3 Å². The largest absolute Gasteiger partial charge is 0.460 e. The van der Waals surface area contributed by atoms with Gasteiger partial charge in [-0.1, -0.05) is 18.2 Å². The molecule has 0 atom stereocenters. The van der Waals surface area contributed by atoms with Crippen LogP contribution in [0.3, 0.4) is 0 Å². The molecule has 0 saturated carbocycles. The molecular weight excluding hydrogens is 436 g/mol. The van der Waals surface area contributed by atoms with Crippen molar-refractivity contribution in [1.29, 1.82) is 0 Å². The van der Waals surface area contributed by atoms with E-state index in [0.717, 1.165) is 4.90 Å². The van der Waals surface area contributed by atoms with Crippen molar-refractivity contribution in [2.24, 2.45) is 0 Å². The number of imide groups is 1. The summed E-state index contributed by atoms with van der Waals surface area (Å²) in [4.78, 5) is 38.5. The fourth-order valence-corrected chi connectivity index (χ4v) is 5.10. The van der Waals surface area contributed by atoms with Crippen molar-refractivity contribution in [3.8, 4) is 0 Å². The number of benzene rings is 2. The molecule has 2 aromatic carbocycles. The Balaban J connectivity index is 1.43. The number of morpholine rings is 1. The molecule has 10 heteroatoms. The molecule has 1 saturated heterocycles. The van der Waals surface area contributed by atoms with Crippen molar-refractivity contribution >= 4 is 27.8 Å². The summed E-state index contributed by atoms with van der Waals surface area (Å²) in [7, 11) is -3.77. The van der Waals surface area contributed by atoms with E-state index in [1.807, 2.05) is 0 Å². The molecule has 0 bridgehead atoms. The van der Waals surface area contributed by atoms with Gasteiger partial charge in [-0.3, -0.25) is 14.5 Å². The molecule has 4 rings (SSSR count). The second kappa shape index (κ2) is 8.81. The molecule has 2 aliphatic rings. The maximum absolute atomic E-state index is 12.9. The smallest absolute Gasteiger partial charge is 0.338 e. The van der Waals surface area contributed by atoms with Gasteiger partial charge in [-0.25, -0.2) is 13.2 Å². The minimum atomic E-state index is -3.77. The van der Waals surface area contributed by atoms with Crippen LogP contribution in [0.15, 0.2) is 47.4 Å². The fourth-order valence-electron chi connectivity index (χ4n) is 3.67. The molecule has 0 aliphatic carbocycles. The summed E-state index contributed by atoms with van der Waals surface area (Å²) in [5.74, 6) is -1.59. The van der Waals surface area contributed by atoms with Gasteiger partial charge in [0.25, 0.3) is 11.8 Å². The number of ether oxygens (including phenoxy) is 2. The van der Waals surface area contributed by atoms with Crippen LogP contribution in [0.4, 0.5) is 0 Å². The number of amides is 2. The van der Waals surface area contributed by atoms with E-state index in [0.29, 0.717) is 29.9 Å². The Morgan fingerprint density at radius 1 is 1.03 bits per heavy atom. The number of esters is 1. The van der Waals surface area contributed by atoms with Gasteiger partial charge in [0.1, 0.15) is 6.61 Å². The summed E-state index contributed by atoms with van der Waals surface area (Å²) in [5.41, 5.74) is 1.31. The van der Waals surface area contributed by atoms with Crippen LogP contribution in [0.1, 0.15) is 36.6 Å². The van der Waals surface area contributed by atoms with E-state index in [9.17, 15) is 22.8 Å². The van der Waals surface area contributed by atoms with Crippen LogP contribution >= 0.6 is 0 Å². The highest BCUT2D eigenvalue weighted by Crippen LogP contribution is 2.23. The van der Waals surface area contributed by atoms with Gasteiger partial charge in [-0.15, -0.1) is 0 Å². The summed E-state index contributed by atoms with van der Waals surface area (Å²) in [6.45, 7) is 2.50. The van der Waals surface area contributed by atoms with Crippen molar-refractivity contribution in [2.75, 3.05) is 39.5 Å². The number of rotatable bonds is 6. The summed E-state index contributed by atoms with van der Waals surface area (Å²) >= 11 is 0.